The molecular weight excluding hydrogens is 529 g/mol. The molecule has 2 heterocycles. The van der Waals surface area contributed by atoms with Crippen LogP contribution >= 0.6 is 0 Å². The maximum atomic E-state index is 13.1. The van der Waals surface area contributed by atoms with E-state index in [0.717, 1.165) is 63.3 Å². The molecule has 0 saturated carbocycles. The summed E-state index contributed by atoms with van der Waals surface area (Å²) in [5, 5.41) is 6.89. The summed E-state index contributed by atoms with van der Waals surface area (Å²) in [5.74, 6) is 0.588. The molecular formula is C39H58FN3. The second-order valence-electron chi connectivity index (χ2n) is 11.8. The fourth-order valence-electron chi connectivity index (χ4n) is 6.08. The Hall–Kier alpha value is -2.69. The Bertz CT molecular complexity index is 1150. The van der Waals surface area contributed by atoms with Crippen LogP contribution in [0.3, 0.4) is 0 Å². The number of piperidine rings is 1. The van der Waals surface area contributed by atoms with E-state index in [1.165, 1.54) is 80.1 Å². The predicted molar refractivity (Wildman–Crippen MR) is 185 cm³/mol. The fourth-order valence-corrected chi connectivity index (χ4v) is 6.08. The number of unbranched alkanes of at least 4 members (excludes halogenated alkanes) is 1. The molecule has 4 heteroatoms. The molecule has 1 saturated heterocycles. The van der Waals surface area contributed by atoms with Gasteiger partial charge in [0.05, 0.1) is 0 Å². The Kier molecular flexibility index (Phi) is 16.4. The number of aryl methyl sites for hydroxylation is 3. The third-order valence-corrected chi connectivity index (χ3v) is 8.64. The summed E-state index contributed by atoms with van der Waals surface area (Å²) < 4.78 is 13.1. The van der Waals surface area contributed by atoms with E-state index in [4.69, 9.17) is 0 Å². The first-order valence-electron chi connectivity index (χ1n) is 17.3. The van der Waals surface area contributed by atoms with Gasteiger partial charge in [-0.15, -0.1) is 0 Å². The monoisotopic (exact) mass is 587 g/mol. The minimum absolute atomic E-state index is 0.148. The zero-order chi connectivity index (χ0) is 30.7. The number of rotatable bonds is 12. The zero-order valence-corrected chi connectivity index (χ0v) is 27.6. The summed E-state index contributed by atoms with van der Waals surface area (Å²) in [5.41, 5.74) is 8.52. The topological polar surface area (TPSA) is 27.3 Å². The number of hydrogen-bond donors (Lipinski definition) is 2. The Balaban J connectivity index is 0.000000242. The van der Waals surface area contributed by atoms with Crippen molar-refractivity contribution in [3.63, 3.8) is 0 Å². The third-order valence-electron chi connectivity index (χ3n) is 8.64. The van der Waals surface area contributed by atoms with Gasteiger partial charge >= 0.3 is 0 Å². The SMILES string of the molecule is CC.CCCCN1CCCc2ccc(CC)cc21.Fc1cccc(CCNCCCc2ccc(C3CCNCC3)cc2)c1. The summed E-state index contributed by atoms with van der Waals surface area (Å²) in [6.07, 6.45) is 12.0. The van der Waals surface area contributed by atoms with Gasteiger partial charge in [-0.3, -0.25) is 0 Å². The number of hydrogen-bond acceptors (Lipinski definition) is 3. The molecule has 0 amide bonds. The molecule has 236 valence electrons. The molecule has 0 bridgehead atoms. The summed E-state index contributed by atoms with van der Waals surface area (Å²) >= 11 is 0. The van der Waals surface area contributed by atoms with Gasteiger partial charge in [-0.2, -0.15) is 0 Å². The van der Waals surface area contributed by atoms with Crippen LogP contribution in [0.15, 0.2) is 66.7 Å². The normalized spacial score (nSPS) is 14.7. The van der Waals surface area contributed by atoms with Crippen molar-refractivity contribution in [1.29, 1.82) is 0 Å². The minimum atomic E-state index is -0.148. The predicted octanol–water partition coefficient (Wildman–Crippen LogP) is 8.89. The summed E-state index contributed by atoms with van der Waals surface area (Å²) in [7, 11) is 0. The minimum Gasteiger partial charge on any atom is -0.371 e. The molecule has 2 aliphatic heterocycles. The van der Waals surface area contributed by atoms with E-state index in [2.05, 4.69) is 71.8 Å². The van der Waals surface area contributed by atoms with Crippen LogP contribution in [-0.2, 0) is 25.7 Å². The smallest absolute Gasteiger partial charge is 0.123 e. The number of anilines is 1. The quantitative estimate of drug-likeness (QED) is 0.207. The highest BCUT2D eigenvalue weighted by atomic mass is 19.1. The second-order valence-corrected chi connectivity index (χ2v) is 11.8. The number of benzene rings is 3. The van der Waals surface area contributed by atoms with E-state index in [0.29, 0.717) is 0 Å². The van der Waals surface area contributed by atoms with Gasteiger partial charge in [0.25, 0.3) is 0 Å². The average molecular weight is 588 g/mol. The number of nitrogens with one attached hydrogen (secondary N) is 2. The van der Waals surface area contributed by atoms with Crippen LogP contribution in [0.5, 0.6) is 0 Å². The van der Waals surface area contributed by atoms with E-state index in [-0.39, 0.29) is 5.82 Å². The lowest BCUT2D eigenvalue weighted by Crippen LogP contribution is -2.30. The summed E-state index contributed by atoms with van der Waals surface area (Å²) in [6, 6.07) is 23.1. The lowest BCUT2D eigenvalue weighted by atomic mass is 9.89. The molecule has 0 unspecified atom stereocenters. The first-order chi connectivity index (χ1) is 21.2. The largest absolute Gasteiger partial charge is 0.371 e. The van der Waals surface area contributed by atoms with Gasteiger partial charge in [-0.1, -0.05) is 82.6 Å². The molecule has 0 radical (unpaired) electrons. The van der Waals surface area contributed by atoms with E-state index >= 15 is 0 Å². The van der Waals surface area contributed by atoms with E-state index in [1.54, 1.807) is 17.7 Å². The van der Waals surface area contributed by atoms with E-state index in [1.807, 2.05) is 19.9 Å². The van der Waals surface area contributed by atoms with Crippen molar-refractivity contribution in [1.82, 2.24) is 10.6 Å². The third kappa shape index (κ3) is 12.1. The highest BCUT2D eigenvalue weighted by Crippen LogP contribution is 2.29. The molecule has 2 N–H and O–H groups in total. The van der Waals surface area contributed by atoms with Gasteiger partial charge < -0.3 is 15.5 Å². The average Bonchev–Trinajstić information content (AvgIpc) is 3.07. The van der Waals surface area contributed by atoms with Crippen molar-refractivity contribution in [3.05, 3.63) is 100 Å². The molecule has 3 aromatic carbocycles. The molecule has 0 atom stereocenters. The molecule has 0 aliphatic carbocycles. The summed E-state index contributed by atoms with van der Waals surface area (Å²) in [4.78, 5) is 2.58. The molecule has 0 aromatic heterocycles. The second kappa shape index (κ2) is 20.3. The zero-order valence-electron chi connectivity index (χ0n) is 27.6. The first-order valence-corrected chi connectivity index (χ1v) is 17.3. The standard InChI is InChI=1S/C22H29FN2.C15H23N.C2H6/c23-22-5-1-3-19(17-22)10-14-24-13-2-4-18-6-8-20(9-7-18)21-11-15-25-16-12-21;1-3-5-10-16-11-6-7-14-9-8-13(4-2)12-15(14)16;1-2/h1,3,5-9,17,21,24-25H,2,4,10-16H2;8-9,12H,3-7,10-11H2,1-2H3;1-2H3. The van der Waals surface area contributed by atoms with Crippen molar-refractivity contribution in [3.8, 4) is 0 Å². The van der Waals surface area contributed by atoms with Crippen molar-refractivity contribution >= 4 is 5.69 Å². The number of nitrogens with zero attached hydrogens (tertiary/aromatic N) is 1. The van der Waals surface area contributed by atoms with Crippen LogP contribution in [-0.4, -0.2) is 39.3 Å². The Morgan fingerprint density at radius 3 is 2.33 bits per heavy atom. The van der Waals surface area contributed by atoms with Gasteiger partial charge in [0, 0.05) is 18.8 Å². The van der Waals surface area contributed by atoms with Crippen LogP contribution in [0.2, 0.25) is 0 Å². The molecule has 3 nitrogen and oxygen atoms in total. The van der Waals surface area contributed by atoms with Crippen LogP contribution in [0, 0.1) is 5.82 Å². The Labute approximate surface area is 262 Å². The molecule has 5 rings (SSSR count). The van der Waals surface area contributed by atoms with Crippen molar-refractivity contribution in [2.45, 2.75) is 97.8 Å². The highest BCUT2D eigenvalue weighted by molar-refractivity contribution is 5.57. The summed E-state index contributed by atoms with van der Waals surface area (Å²) in [6.45, 7) is 15.2. The van der Waals surface area contributed by atoms with E-state index in [9.17, 15) is 4.39 Å². The lowest BCUT2D eigenvalue weighted by Gasteiger charge is -2.31. The molecule has 1 fully saturated rings. The van der Waals surface area contributed by atoms with Gasteiger partial charge in [0.2, 0.25) is 0 Å². The molecule has 43 heavy (non-hydrogen) atoms. The lowest BCUT2D eigenvalue weighted by molar-refractivity contribution is 0.460. The molecule has 2 aliphatic rings. The van der Waals surface area contributed by atoms with Crippen LogP contribution in [0.25, 0.3) is 0 Å². The fraction of sp³-hybridized carbons (Fsp3) is 0.538. The maximum absolute atomic E-state index is 13.1. The Morgan fingerprint density at radius 1 is 0.837 bits per heavy atom. The maximum Gasteiger partial charge on any atom is 0.123 e. The van der Waals surface area contributed by atoms with Crippen molar-refractivity contribution < 1.29 is 4.39 Å². The van der Waals surface area contributed by atoms with Crippen LogP contribution < -0.4 is 15.5 Å². The number of fused-ring (bicyclic) bond motifs is 1. The van der Waals surface area contributed by atoms with E-state index < -0.39 is 0 Å². The van der Waals surface area contributed by atoms with Crippen LogP contribution in [0.4, 0.5) is 10.1 Å². The first kappa shape index (κ1) is 34.8. The van der Waals surface area contributed by atoms with Gasteiger partial charge in [0.1, 0.15) is 5.82 Å². The van der Waals surface area contributed by atoms with Gasteiger partial charge in [-0.05, 0) is 136 Å². The molecule has 3 aromatic rings. The van der Waals surface area contributed by atoms with Crippen LogP contribution in [0.1, 0.15) is 100.0 Å². The van der Waals surface area contributed by atoms with Crippen molar-refractivity contribution in [2.75, 3.05) is 44.2 Å². The van der Waals surface area contributed by atoms with Crippen molar-refractivity contribution in [2.24, 2.45) is 0 Å². The van der Waals surface area contributed by atoms with Gasteiger partial charge in [-0.25, -0.2) is 4.39 Å². The Morgan fingerprint density at radius 2 is 1.60 bits per heavy atom. The van der Waals surface area contributed by atoms with Gasteiger partial charge in [0.15, 0.2) is 0 Å². The molecule has 0 spiro atoms. The number of halogens is 1. The highest BCUT2D eigenvalue weighted by Gasteiger charge is 2.16.